The predicted molar refractivity (Wildman–Crippen MR) is 50.5 cm³/mol. The van der Waals surface area contributed by atoms with Crippen molar-refractivity contribution in [3.05, 3.63) is 30.3 Å². The van der Waals surface area contributed by atoms with E-state index in [-0.39, 0.29) is 5.91 Å². The number of nitrogens with two attached hydrogens (primary N) is 1. The molecule has 1 aliphatic heterocycles. The third-order valence-electron chi connectivity index (χ3n) is 1.78. The summed E-state index contributed by atoms with van der Waals surface area (Å²) in [7, 11) is 0. The number of amides is 1. The van der Waals surface area contributed by atoms with Gasteiger partial charge in [0.15, 0.2) is 6.04 Å². The molecule has 0 aliphatic carbocycles. The maximum absolute atomic E-state index is 11.3. The Balaban J connectivity index is 1.96. The minimum Gasteiger partial charge on any atom is -0.385 e. The number of benzene rings is 1. The first-order valence-electron chi connectivity index (χ1n) is 3.96. The Hall–Kier alpha value is -1.84. The molecule has 3 N–H and O–H groups in total. The Morgan fingerprint density at radius 2 is 2.00 bits per heavy atom. The van der Waals surface area contributed by atoms with Gasteiger partial charge in [-0.2, -0.15) is 0 Å². The van der Waals surface area contributed by atoms with Gasteiger partial charge < -0.3 is 11.1 Å². The van der Waals surface area contributed by atoms with Crippen molar-refractivity contribution in [2.75, 3.05) is 5.32 Å². The summed E-state index contributed by atoms with van der Waals surface area (Å²) in [6.45, 7) is 0. The average Bonchev–Trinajstić information content (AvgIpc) is 2.84. The van der Waals surface area contributed by atoms with Crippen molar-refractivity contribution in [1.29, 1.82) is 0 Å². The fourth-order valence-electron chi connectivity index (χ4n) is 1.04. The molecule has 0 saturated heterocycles. The Morgan fingerprint density at radius 3 is 2.54 bits per heavy atom. The van der Waals surface area contributed by atoms with E-state index in [9.17, 15) is 4.79 Å². The zero-order valence-corrected chi connectivity index (χ0v) is 6.90. The number of hydrogen-bond acceptors (Lipinski definition) is 3. The fourth-order valence-corrected chi connectivity index (χ4v) is 1.04. The Bertz CT molecular complexity index is 358. The lowest BCUT2D eigenvalue weighted by Gasteiger charge is -2.01. The number of para-hydroxylation sites is 1. The topological polar surface area (TPSA) is 67.5 Å². The Labute approximate surface area is 75.5 Å². The first-order valence-corrected chi connectivity index (χ1v) is 3.96. The van der Waals surface area contributed by atoms with Crippen LogP contribution >= 0.6 is 0 Å². The molecule has 0 unspecified atom stereocenters. The van der Waals surface area contributed by atoms with Gasteiger partial charge in [0.25, 0.3) is 5.91 Å². The number of amidine groups is 1. The third-order valence-corrected chi connectivity index (χ3v) is 1.78. The van der Waals surface area contributed by atoms with Gasteiger partial charge >= 0.3 is 0 Å². The molecule has 0 aromatic heterocycles. The minimum absolute atomic E-state index is 0.163. The van der Waals surface area contributed by atoms with Crippen molar-refractivity contribution in [3.63, 3.8) is 0 Å². The van der Waals surface area contributed by atoms with Crippen molar-refractivity contribution in [1.82, 2.24) is 0 Å². The van der Waals surface area contributed by atoms with E-state index in [1.165, 1.54) is 0 Å². The second-order valence-corrected chi connectivity index (χ2v) is 2.81. The van der Waals surface area contributed by atoms with Gasteiger partial charge in [-0.3, -0.25) is 4.79 Å². The number of aliphatic imine (C=N–C) groups is 1. The molecule has 1 amide bonds. The molecule has 1 aromatic carbocycles. The van der Waals surface area contributed by atoms with Crippen LogP contribution in [0.1, 0.15) is 0 Å². The summed E-state index contributed by atoms with van der Waals surface area (Å²) in [6, 6.07) is 8.80. The largest absolute Gasteiger partial charge is 0.385 e. The smallest absolute Gasteiger partial charge is 0.257 e. The lowest BCUT2D eigenvalue weighted by Crippen LogP contribution is -2.24. The molecule has 0 saturated carbocycles. The van der Waals surface area contributed by atoms with E-state index in [0.29, 0.717) is 5.84 Å². The van der Waals surface area contributed by atoms with E-state index in [4.69, 9.17) is 5.73 Å². The Morgan fingerprint density at radius 1 is 1.38 bits per heavy atom. The van der Waals surface area contributed by atoms with Crippen molar-refractivity contribution in [3.8, 4) is 0 Å². The van der Waals surface area contributed by atoms with Crippen LogP contribution < -0.4 is 11.1 Å². The van der Waals surface area contributed by atoms with Gasteiger partial charge in [-0.1, -0.05) is 18.2 Å². The van der Waals surface area contributed by atoms with E-state index < -0.39 is 6.04 Å². The standard InChI is InChI=1S/C9H9N3O/c10-8-7(12-8)9(13)11-6-4-2-1-3-5-6/h1-5,7H,(H2,10,12)(H,11,13)/t7-/m0/s1. The highest BCUT2D eigenvalue weighted by Gasteiger charge is 2.32. The van der Waals surface area contributed by atoms with E-state index in [1.807, 2.05) is 30.3 Å². The van der Waals surface area contributed by atoms with Crippen LogP contribution in [0.25, 0.3) is 0 Å². The van der Waals surface area contributed by atoms with E-state index >= 15 is 0 Å². The normalized spacial score (nSPS) is 19.1. The molecule has 1 aromatic rings. The van der Waals surface area contributed by atoms with Gasteiger partial charge in [-0.05, 0) is 12.1 Å². The first-order chi connectivity index (χ1) is 6.27. The molecule has 1 aliphatic rings. The maximum atomic E-state index is 11.3. The number of anilines is 1. The quantitative estimate of drug-likeness (QED) is 0.681. The average molecular weight is 175 g/mol. The number of carbonyl (C=O) groups is 1. The number of hydrogen-bond donors (Lipinski definition) is 2. The molecule has 66 valence electrons. The summed E-state index contributed by atoms with van der Waals surface area (Å²) in [4.78, 5) is 15.0. The molecule has 2 rings (SSSR count). The number of nitrogens with zero attached hydrogens (tertiary/aromatic N) is 1. The molecule has 4 heteroatoms. The highest BCUT2D eigenvalue weighted by atomic mass is 16.2. The lowest BCUT2D eigenvalue weighted by atomic mass is 10.3. The van der Waals surface area contributed by atoms with Crippen molar-refractivity contribution in [2.45, 2.75) is 6.04 Å². The molecule has 1 heterocycles. The highest BCUT2D eigenvalue weighted by molar-refractivity contribution is 6.19. The summed E-state index contributed by atoms with van der Waals surface area (Å²) in [5.74, 6) is 0.247. The van der Waals surface area contributed by atoms with Crippen LogP contribution in [0.3, 0.4) is 0 Å². The molecular formula is C9H9N3O. The van der Waals surface area contributed by atoms with Crippen LogP contribution in [0.5, 0.6) is 0 Å². The summed E-state index contributed by atoms with van der Waals surface area (Å²) < 4.78 is 0. The molecule has 0 radical (unpaired) electrons. The van der Waals surface area contributed by atoms with Crippen LogP contribution in [0, 0.1) is 0 Å². The van der Waals surface area contributed by atoms with Crippen molar-refractivity contribution in [2.24, 2.45) is 10.7 Å². The maximum Gasteiger partial charge on any atom is 0.257 e. The van der Waals surface area contributed by atoms with Crippen LogP contribution in [-0.4, -0.2) is 17.8 Å². The van der Waals surface area contributed by atoms with Gasteiger partial charge in [0.2, 0.25) is 0 Å². The molecule has 1 atom stereocenters. The van der Waals surface area contributed by atoms with Gasteiger partial charge in [-0.25, -0.2) is 4.99 Å². The number of nitrogens with one attached hydrogen (secondary N) is 1. The SMILES string of the molecule is NC1=N[C@@H]1C(=O)Nc1ccccc1. The van der Waals surface area contributed by atoms with Crippen LogP contribution in [0.2, 0.25) is 0 Å². The number of carbonyl (C=O) groups excluding carboxylic acids is 1. The predicted octanol–water partition coefficient (Wildman–Crippen LogP) is 0.364. The van der Waals surface area contributed by atoms with Crippen molar-refractivity contribution >= 4 is 17.4 Å². The third kappa shape index (κ3) is 1.66. The van der Waals surface area contributed by atoms with E-state index in [0.717, 1.165) is 5.69 Å². The molecular weight excluding hydrogens is 166 g/mol. The molecule has 13 heavy (non-hydrogen) atoms. The zero-order chi connectivity index (χ0) is 9.26. The van der Waals surface area contributed by atoms with E-state index in [1.54, 1.807) is 0 Å². The second-order valence-electron chi connectivity index (χ2n) is 2.81. The van der Waals surface area contributed by atoms with Crippen LogP contribution in [0.15, 0.2) is 35.3 Å². The zero-order valence-electron chi connectivity index (χ0n) is 6.90. The number of rotatable bonds is 2. The van der Waals surface area contributed by atoms with Gasteiger partial charge in [0.1, 0.15) is 5.84 Å². The molecule has 0 fully saturated rings. The van der Waals surface area contributed by atoms with E-state index in [2.05, 4.69) is 10.3 Å². The van der Waals surface area contributed by atoms with Crippen molar-refractivity contribution < 1.29 is 4.79 Å². The first kappa shape index (κ1) is 7.79. The summed E-state index contributed by atoms with van der Waals surface area (Å²) >= 11 is 0. The lowest BCUT2D eigenvalue weighted by molar-refractivity contribution is -0.115. The van der Waals surface area contributed by atoms with Gasteiger partial charge in [0, 0.05) is 5.69 Å². The van der Waals surface area contributed by atoms with Gasteiger partial charge in [0.05, 0.1) is 0 Å². The highest BCUT2D eigenvalue weighted by Crippen LogP contribution is 2.11. The summed E-state index contributed by atoms with van der Waals surface area (Å²) in [6.07, 6.45) is 0. The Kier molecular flexibility index (Phi) is 1.73. The molecule has 4 nitrogen and oxygen atoms in total. The van der Waals surface area contributed by atoms with Crippen LogP contribution in [0.4, 0.5) is 5.69 Å². The fraction of sp³-hybridized carbons (Fsp3) is 0.111. The second kappa shape index (κ2) is 2.90. The summed E-state index contributed by atoms with van der Waals surface area (Å²) in [5, 5.41) is 2.70. The van der Waals surface area contributed by atoms with Gasteiger partial charge in [-0.15, -0.1) is 0 Å². The monoisotopic (exact) mass is 175 g/mol. The summed E-state index contributed by atoms with van der Waals surface area (Å²) in [5.41, 5.74) is 6.08. The molecule has 0 spiro atoms. The minimum atomic E-state index is -0.430. The van der Waals surface area contributed by atoms with Crippen LogP contribution in [-0.2, 0) is 4.79 Å². The molecule has 0 bridgehead atoms.